The zero-order valence-corrected chi connectivity index (χ0v) is 12.8. The molecule has 1 N–H and O–H groups in total. The van der Waals surface area contributed by atoms with Crippen molar-refractivity contribution in [1.82, 2.24) is 5.32 Å². The molecule has 0 rings (SSSR count). The maximum absolute atomic E-state index is 11.2. The molecule has 0 radical (unpaired) electrons. The Bertz CT molecular complexity index is 214. The number of nitrogens with one attached hydrogen (secondary N) is 1. The highest BCUT2D eigenvalue weighted by molar-refractivity contribution is 14.1. The van der Waals surface area contributed by atoms with E-state index in [9.17, 15) is 4.79 Å². The maximum atomic E-state index is 11.2. The largest absolute Gasteiger partial charge is 0.444 e. The van der Waals surface area contributed by atoms with Crippen LogP contribution in [-0.2, 0) is 9.47 Å². The molecule has 0 saturated carbocycles. The van der Waals surface area contributed by atoms with Crippen LogP contribution in [0, 0.1) is 0 Å². The van der Waals surface area contributed by atoms with Crippen molar-refractivity contribution in [1.29, 1.82) is 0 Å². The summed E-state index contributed by atoms with van der Waals surface area (Å²) >= 11 is 2.31. The van der Waals surface area contributed by atoms with Crippen LogP contribution in [0.2, 0.25) is 0 Å². The molecule has 0 aliphatic heterocycles. The molecule has 0 aromatic rings. The molecule has 4 nitrogen and oxygen atoms in total. The van der Waals surface area contributed by atoms with Crippen LogP contribution >= 0.6 is 22.6 Å². The Morgan fingerprint density at radius 3 is 2.38 bits per heavy atom. The number of amides is 1. The van der Waals surface area contributed by atoms with Crippen LogP contribution in [0.5, 0.6) is 0 Å². The van der Waals surface area contributed by atoms with Crippen molar-refractivity contribution in [3.8, 4) is 0 Å². The maximum Gasteiger partial charge on any atom is 0.407 e. The van der Waals surface area contributed by atoms with Crippen molar-refractivity contribution in [2.24, 2.45) is 0 Å². The van der Waals surface area contributed by atoms with Crippen molar-refractivity contribution < 1.29 is 14.3 Å². The minimum absolute atomic E-state index is 0.195. The molecule has 0 saturated heterocycles. The van der Waals surface area contributed by atoms with E-state index in [0.29, 0.717) is 17.1 Å². The zero-order valence-electron chi connectivity index (χ0n) is 10.7. The van der Waals surface area contributed by atoms with Gasteiger partial charge in [0.05, 0.1) is 12.7 Å². The van der Waals surface area contributed by atoms with Gasteiger partial charge in [0.25, 0.3) is 0 Å². The van der Waals surface area contributed by atoms with Gasteiger partial charge in [-0.15, -0.1) is 0 Å². The van der Waals surface area contributed by atoms with Gasteiger partial charge in [-0.05, 0) is 27.7 Å². The number of halogens is 1. The van der Waals surface area contributed by atoms with E-state index < -0.39 is 11.7 Å². The van der Waals surface area contributed by atoms with Gasteiger partial charge in [-0.25, -0.2) is 4.79 Å². The Hall–Kier alpha value is -0.0400. The summed E-state index contributed by atoms with van der Waals surface area (Å²) < 4.78 is 11.0. The standard InChI is InChI=1S/C11H22INO3/c1-8(12)9(2)15-7-6-13-10(14)16-11(3,4)5/h8-9H,6-7H2,1-5H3,(H,13,14)/t8?,9-/m1/s1. The molecular weight excluding hydrogens is 321 g/mol. The molecule has 0 spiro atoms. The van der Waals surface area contributed by atoms with Crippen LogP contribution in [-0.4, -0.2) is 34.9 Å². The zero-order chi connectivity index (χ0) is 12.8. The molecule has 0 bridgehead atoms. The Morgan fingerprint density at radius 1 is 1.38 bits per heavy atom. The molecule has 0 aromatic heterocycles. The van der Waals surface area contributed by atoms with Gasteiger partial charge in [0.2, 0.25) is 0 Å². The molecule has 0 fully saturated rings. The van der Waals surface area contributed by atoms with Crippen molar-refractivity contribution in [3.05, 3.63) is 0 Å². The smallest absolute Gasteiger partial charge is 0.407 e. The van der Waals surface area contributed by atoms with Crippen LogP contribution in [0.3, 0.4) is 0 Å². The lowest BCUT2D eigenvalue weighted by molar-refractivity contribution is 0.0443. The van der Waals surface area contributed by atoms with Gasteiger partial charge in [-0.3, -0.25) is 0 Å². The van der Waals surface area contributed by atoms with Gasteiger partial charge in [0.15, 0.2) is 0 Å². The summed E-state index contributed by atoms with van der Waals surface area (Å²) in [4.78, 5) is 11.2. The molecule has 1 amide bonds. The monoisotopic (exact) mass is 343 g/mol. The second-order valence-electron chi connectivity index (χ2n) is 4.68. The van der Waals surface area contributed by atoms with Gasteiger partial charge < -0.3 is 14.8 Å². The molecule has 16 heavy (non-hydrogen) atoms. The number of rotatable bonds is 5. The topological polar surface area (TPSA) is 47.6 Å². The highest BCUT2D eigenvalue weighted by Crippen LogP contribution is 2.08. The van der Waals surface area contributed by atoms with Crippen LogP contribution in [0.1, 0.15) is 34.6 Å². The Morgan fingerprint density at radius 2 is 1.94 bits per heavy atom. The van der Waals surface area contributed by atoms with Gasteiger partial charge in [-0.2, -0.15) is 0 Å². The first-order valence-corrected chi connectivity index (χ1v) is 6.69. The summed E-state index contributed by atoms with van der Waals surface area (Å²) in [6.07, 6.45) is -0.202. The van der Waals surface area contributed by atoms with Gasteiger partial charge >= 0.3 is 6.09 Å². The average Bonchev–Trinajstić information content (AvgIpc) is 2.08. The fourth-order valence-electron chi connectivity index (χ4n) is 0.845. The van der Waals surface area contributed by atoms with Gasteiger partial charge in [0.1, 0.15) is 5.60 Å². The Balaban J connectivity index is 3.56. The first-order valence-electron chi connectivity index (χ1n) is 5.45. The summed E-state index contributed by atoms with van der Waals surface area (Å²) in [7, 11) is 0. The quantitative estimate of drug-likeness (QED) is 0.474. The van der Waals surface area contributed by atoms with Crippen LogP contribution in [0.25, 0.3) is 0 Å². The molecule has 2 atom stereocenters. The molecule has 0 aliphatic rings. The lowest BCUT2D eigenvalue weighted by Gasteiger charge is -2.20. The summed E-state index contributed by atoms with van der Waals surface area (Å²) in [5, 5.41) is 2.64. The molecule has 5 heteroatoms. The highest BCUT2D eigenvalue weighted by atomic mass is 127. The highest BCUT2D eigenvalue weighted by Gasteiger charge is 2.15. The minimum atomic E-state index is -0.449. The van der Waals surface area contributed by atoms with E-state index in [0.717, 1.165) is 0 Å². The molecular formula is C11H22INO3. The minimum Gasteiger partial charge on any atom is -0.444 e. The second-order valence-corrected chi connectivity index (χ2v) is 6.65. The first-order chi connectivity index (χ1) is 7.22. The van der Waals surface area contributed by atoms with Crippen LogP contribution in [0.4, 0.5) is 4.79 Å². The summed E-state index contributed by atoms with van der Waals surface area (Å²) in [5.74, 6) is 0. The average molecular weight is 343 g/mol. The Labute approximate surface area is 112 Å². The molecule has 0 heterocycles. The van der Waals surface area contributed by atoms with E-state index >= 15 is 0 Å². The van der Waals surface area contributed by atoms with Crippen molar-refractivity contribution in [2.45, 2.75) is 50.2 Å². The summed E-state index contributed by atoms with van der Waals surface area (Å²) in [5.41, 5.74) is -0.449. The molecule has 0 aromatic carbocycles. The number of hydrogen-bond donors (Lipinski definition) is 1. The van der Waals surface area contributed by atoms with E-state index in [4.69, 9.17) is 9.47 Å². The predicted octanol–water partition coefficient (Wildman–Crippen LogP) is 2.74. The SMILES string of the molecule is CC(I)[C@@H](C)OCCNC(=O)OC(C)(C)C. The number of ether oxygens (including phenoxy) is 2. The third kappa shape index (κ3) is 9.21. The fourth-order valence-corrected chi connectivity index (χ4v) is 1.05. The number of carbonyl (C=O) groups is 1. The van der Waals surface area contributed by atoms with E-state index in [-0.39, 0.29) is 6.10 Å². The second kappa shape index (κ2) is 7.32. The summed E-state index contributed by atoms with van der Waals surface area (Å²) in [6.45, 7) is 10.6. The van der Waals surface area contributed by atoms with Crippen molar-refractivity contribution in [3.63, 3.8) is 0 Å². The predicted molar refractivity (Wildman–Crippen MR) is 73.1 cm³/mol. The Kier molecular flexibility index (Phi) is 7.30. The molecule has 1 unspecified atom stereocenters. The van der Waals surface area contributed by atoms with Crippen molar-refractivity contribution >= 4 is 28.7 Å². The molecule has 0 aliphatic carbocycles. The van der Waals surface area contributed by atoms with Crippen LogP contribution in [0.15, 0.2) is 0 Å². The van der Waals surface area contributed by atoms with E-state index in [1.807, 2.05) is 27.7 Å². The number of carbonyl (C=O) groups excluding carboxylic acids is 1. The number of hydrogen-bond acceptors (Lipinski definition) is 3. The van der Waals surface area contributed by atoms with E-state index in [1.165, 1.54) is 0 Å². The first kappa shape index (κ1) is 16.0. The van der Waals surface area contributed by atoms with Gasteiger partial charge in [0, 0.05) is 10.5 Å². The molecule has 96 valence electrons. The van der Waals surface area contributed by atoms with Crippen LogP contribution < -0.4 is 5.32 Å². The third-order valence-corrected chi connectivity index (χ3v) is 2.81. The van der Waals surface area contributed by atoms with Gasteiger partial charge in [-0.1, -0.05) is 29.5 Å². The number of alkyl halides is 1. The summed E-state index contributed by atoms with van der Waals surface area (Å²) in [6, 6.07) is 0. The lowest BCUT2D eigenvalue weighted by atomic mass is 10.2. The van der Waals surface area contributed by atoms with Crippen molar-refractivity contribution in [2.75, 3.05) is 13.2 Å². The fraction of sp³-hybridized carbons (Fsp3) is 0.909. The number of alkyl carbamates (subject to hydrolysis) is 1. The normalized spacial score (nSPS) is 15.4. The third-order valence-electron chi connectivity index (χ3n) is 1.80. The lowest BCUT2D eigenvalue weighted by Crippen LogP contribution is -2.35. The van der Waals surface area contributed by atoms with E-state index in [1.54, 1.807) is 0 Å². The van der Waals surface area contributed by atoms with E-state index in [2.05, 4.69) is 34.8 Å².